The Bertz CT molecular complexity index is 1190. The molecule has 2 aromatic rings. The Balaban J connectivity index is 1.82. The Morgan fingerprint density at radius 2 is 2.00 bits per heavy atom. The fourth-order valence-corrected chi connectivity index (χ4v) is 6.23. The van der Waals surface area contributed by atoms with E-state index in [4.69, 9.17) is 10.00 Å². The molecule has 0 aliphatic carbocycles. The summed E-state index contributed by atoms with van der Waals surface area (Å²) in [6, 6.07) is 8.96. The number of hydrogen-bond acceptors (Lipinski definition) is 6. The number of thiophene rings is 1. The van der Waals surface area contributed by atoms with E-state index in [1.54, 1.807) is 23.5 Å². The van der Waals surface area contributed by atoms with Crippen LogP contribution in [0.1, 0.15) is 31.6 Å². The number of aliphatic imine (C=N–C) groups is 1. The molecule has 2 heterocycles. The second kappa shape index (κ2) is 11.4. The molecule has 0 bridgehead atoms. The first-order chi connectivity index (χ1) is 16.3. The van der Waals surface area contributed by atoms with Gasteiger partial charge in [-0.05, 0) is 74.6 Å². The average molecular weight is 503 g/mol. The zero-order chi connectivity index (χ0) is 24.6. The summed E-state index contributed by atoms with van der Waals surface area (Å²) in [6.07, 6.45) is 8.30. The highest BCUT2D eigenvalue weighted by atomic mass is 32.2. The molecule has 1 fully saturated rings. The minimum Gasteiger partial charge on any atom is -0.426 e. The van der Waals surface area contributed by atoms with Gasteiger partial charge in [-0.2, -0.15) is 9.57 Å². The van der Waals surface area contributed by atoms with E-state index < -0.39 is 21.3 Å². The summed E-state index contributed by atoms with van der Waals surface area (Å²) in [5.74, 6) is 0.0704. The summed E-state index contributed by atoms with van der Waals surface area (Å²) < 4.78 is 46.6. The number of benzene rings is 1. The van der Waals surface area contributed by atoms with E-state index in [2.05, 4.69) is 10.3 Å². The third-order valence-electron chi connectivity index (χ3n) is 5.69. The molecule has 0 radical (unpaired) electrons. The number of sulfonamides is 1. The molecular formula is C24H27FN4O3S2. The minimum absolute atomic E-state index is 0.0762. The van der Waals surface area contributed by atoms with Crippen molar-refractivity contribution >= 4 is 27.4 Å². The summed E-state index contributed by atoms with van der Waals surface area (Å²) >= 11 is 1.60. The fraction of sp³-hybridized carbons (Fsp3) is 0.333. The molecule has 7 nitrogen and oxygen atoms in total. The topological polar surface area (TPSA) is 94.8 Å². The number of nitriles is 1. The van der Waals surface area contributed by atoms with Crippen molar-refractivity contribution < 1.29 is 17.5 Å². The second-order valence-electron chi connectivity index (χ2n) is 7.77. The maximum Gasteiger partial charge on any atom is 0.303 e. The fourth-order valence-electron chi connectivity index (χ4n) is 3.81. The Kier molecular flexibility index (Phi) is 8.61. The molecule has 180 valence electrons. The van der Waals surface area contributed by atoms with Crippen LogP contribution in [-0.4, -0.2) is 38.4 Å². The number of nitrogens with one attached hydrogen (secondary N) is 1. The molecule has 1 aliphatic heterocycles. The molecule has 0 amide bonds. The monoisotopic (exact) mass is 502 g/mol. The van der Waals surface area contributed by atoms with Gasteiger partial charge in [-0.15, -0.1) is 11.3 Å². The van der Waals surface area contributed by atoms with Crippen LogP contribution in [0.4, 0.5) is 4.39 Å². The second-order valence-corrected chi connectivity index (χ2v) is 10.7. The number of allylic oxidation sites excluding steroid dienone is 3. The largest absolute Gasteiger partial charge is 0.426 e. The lowest BCUT2D eigenvalue weighted by Gasteiger charge is -2.40. The molecule has 1 aliphatic rings. The first-order valence-electron chi connectivity index (χ1n) is 10.8. The van der Waals surface area contributed by atoms with Gasteiger partial charge in [-0.25, -0.2) is 23.1 Å². The van der Waals surface area contributed by atoms with Gasteiger partial charge in [0.05, 0.1) is 11.4 Å². The molecule has 0 unspecified atom stereocenters. The number of halogens is 1. The summed E-state index contributed by atoms with van der Waals surface area (Å²) in [5.41, 5.74) is -0.397. The third kappa shape index (κ3) is 5.91. The van der Waals surface area contributed by atoms with Crippen LogP contribution in [0.2, 0.25) is 0 Å². The van der Waals surface area contributed by atoms with Gasteiger partial charge in [0.2, 0.25) is 10.0 Å². The number of hydrogen-bond donors (Lipinski definition) is 1. The summed E-state index contributed by atoms with van der Waals surface area (Å²) in [7, 11) is -3.72. The Morgan fingerprint density at radius 1 is 1.29 bits per heavy atom. The lowest BCUT2D eigenvalue weighted by molar-refractivity contribution is 0.240. The molecule has 3 rings (SSSR count). The maximum absolute atomic E-state index is 13.3. The van der Waals surface area contributed by atoms with Crippen LogP contribution < -0.4 is 5.32 Å². The molecule has 0 spiro atoms. The molecule has 34 heavy (non-hydrogen) atoms. The van der Waals surface area contributed by atoms with Crippen LogP contribution >= 0.6 is 11.3 Å². The van der Waals surface area contributed by atoms with Crippen LogP contribution in [0.3, 0.4) is 0 Å². The van der Waals surface area contributed by atoms with Gasteiger partial charge in [0, 0.05) is 23.4 Å². The van der Waals surface area contributed by atoms with Crippen molar-refractivity contribution in [1.82, 2.24) is 9.62 Å². The van der Waals surface area contributed by atoms with E-state index in [-0.39, 0.29) is 10.9 Å². The van der Waals surface area contributed by atoms with E-state index >= 15 is 0 Å². The molecule has 1 aromatic heterocycles. The van der Waals surface area contributed by atoms with Crippen LogP contribution in [-0.2, 0) is 20.2 Å². The van der Waals surface area contributed by atoms with Crippen LogP contribution in [0.25, 0.3) is 0 Å². The van der Waals surface area contributed by atoms with Crippen molar-refractivity contribution in [1.29, 1.82) is 5.26 Å². The predicted octanol–water partition coefficient (Wildman–Crippen LogP) is 4.53. The average Bonchev–Trinajstić information content (AvgIpc) is 3.39. The van der Waals surface area contributed by atoms with Crippen molar-refractivity contribution in [3.05, 3.63) is 76.5 Å². The number of nitrogens with zero attached hydrogens (tertiary/aromatic N) is 3. The van der Waals surface area contributed by atoms with Gasteiger partial charge in [0.1, 0.15) is 11.6 Å². The minimum atomic E-state index is -3.72. The first kappa shape index (κ1) is 25.6. The number of piperidine rings is 1. The third-order valence-corrected chi connectivity index (χ3v) is 8.72. The normalized spacial score (nSPS) is 17.5. The van der Waals surface area contributed by atoms with Gasteiger partial charge in [0.15, 0.2) is 6.19 Å². The Morgan fingerprint density at radius 3 is 2.56 bits per heavy atom. The predicted molar refractivity (Wildman–Crippen MR) is 131 cm³/mol. The molecule has 0 atom stereocenters. The van der Waals surface area contributed by atoms with E-state index in [9.17, 15) is 12.8 Å². The van der Waals surface area contributed by atoms with Gasteiger partial charge < -0.3 is 4.74 Å². The first-order valence-corrected chi connectivity index (χ1v) is 13.1. The standard InChI is InChI=1S/C24H27FN4O3S2/c1-3-6-20(4-2)32-23(28-18-26)27-17-24(22-7-5-16-33-22)12-14-29(15-13-24)34(30,31)21-10-8-19(25)9-11-21/h3-11,16H,12-15,17H2,1-2H3,(H,27,28)/b6-3-,20-4+. The highest BCUT2D eigenvalue weighted by molar-refractivity contribution is 7.89. The summed E-state index contributed by atoms with van der Waals surface area (Å²) in [4.78, 5) is 5.75. The SMILES string of the molecule is C/C=C\C(=C/C)OC(=NCC1(c2cccs2)CCN(S(=O)(=O)c2ccc(F)cc2)CC1)NC#N. The zero-order valence-electron chi connectivity index (χ0n) is 19.1. The van der Waals surface area contributed by atoms with Crippen LogP contribution in [0.5, 0.6) is 0 Å². The highest BCUT2D eigenvalue weighted by Crippen LogP contribution is 2.39. The highest BCUT2D eigenvalue weighted by Gasteiger charge is 2.40. The number of amidine groups is 1. The van der Waals surface area contributed by atoms with E-state index in [0.717, 1.165) is 17.0 Å². The van der Waals surface area contributed by atoms with E-state index in [1.165, 1.54) is 16.4 Å². The lowest BCUT2D eigenvalue weighted by Crippen LogP contribution is -2.46. The van der Waals surface area contributed by atoms with Crippen molar-refractivity contribution in [2.24, 2.45) is 4.99 Å². The lowest BCUT2D eigenvalue weighted by atomic mass is 9.77. The van der Waals surface area contributed by atoms with Gasteiger partial charge in [-0.1, -0.05) is 12.1 Å². The smallest absolute Gasteiger partial charge is 0.303 e. The Labute approximate surface area is 203 Å². The molecule has 0 saturated carbocycles. The van der Waals surface area contributed by atoms with Crippen molar-refractivity contribution in [2.75, 3.05) is 19.6 Å². The van der Waals surface area contributed by atoms with Gasteiger partial charge in [-0.3, -0.25) is 0 Å². The number of rotatable bonds is 7. The zero-order valence-corrected chi connectivity index (χ0v) is 20.7. The van der Waals surface area contributed by atoms with Gasteiger partial charge in [0.25, 0.3) is 0 Å². The molecule has 1 saturated heterocycles. The molecule has 1 N–H and O–H groups in total. The Hall–Kier alpha value is -3.00. The van der Waals surface area contributed by atoms with Gasteiger partial charge >= 0.3 is 6.02 Å². The van der Waals surface area contributed by atoms with Crippen molar-refractivity contribution in [3.63, 3.8) is 0 Å². The molecule has 1 aromatic carbocycles. The van der Waals surface area contributed by atoms with Crippen molar-refractivity contribution in [3.8, 4) is 6.19 Å². The van der Waals surface area contributed by atoms with Crippen LogP contribution in [0, 0.1) is 17.3 Å². The quantitative estimate of drug-likeness (QED) is 0.150. The number of ether oxygens (including phenoxy) is 1. The summed E-state index contributed by atoms with van der Waals surface area (Å²) in [6.45, 7) is 4.61. The van der Waals surface area contributed by atoms with Crippen molar-refractivity contribution in [2.45, 2.75) is 37.0 Å². The molecule has 10 heteroatoms. The maximum atomic E-state index is 13.3. The van der Waals surface area contributed by atoms with Crippen LogP contribution in [0.15, 0.2) is 75.7 Å². The van der Waals surface area contributed by atoms with E-state index in [0.29, 0.717) is 38.2 Å². The van der Waals surface area contributed by atoms with E-state index in [1.807, 2.05) is 43.6 Å². The molecular weight excluding hydrogens is 475 g/mol. The summed E-state index contributed by atoms with van der Waals surface area (Å²) in [5, 5.41) is 13.6.